The lowest BCUT2D eigenvalue weighted by atomic mass is 9.82. The molecule has 1 spiro atoms. The Balaban J connectivity index is 1.72. The SMILES string of the molecule is C[C@@H](C#N)CC1CCC2OC3CC=CC2(C3)O1. The summed E-state index contributed by atoms with van der Waals surface area (Å²) in [5, 5.41) is 8.88. The molecule has 3 heteroatoms. The van der Waals surface area contributed by atoms with Crippen LogP contribution in [0.2, 0.25) is 0 Å². The second kappa shape index (κ2) is 4.12. The summed E-state index contributed by atoms with van der Waals surface area (Å²) in [5.41, 5.74) is -0.166. The van der Waals surface area contributed by atoms with E-state index in [-0.39, 0.29) is 23.7 Å². The summed E-state index contributed by atoms with van der Waals surface area (Å²) >= 11 is 0. The molecule has 3 nitrogen and oxygen atoms in total. The van der Waals surface area contributed by atoms with Crippen LogP contribution in [-0.4, -0.2) is 23.9 Å². The van der Waals surface area contributed by atoms with Gasteiger partial charge in [0.15, 0.2) is 0 Å². The van der Waals surface area contributed by atoms with Crippen molar-refractivity contribution >= 4 is 0 Å². The lowest BCUT2D eigenvalue weighted by molar-refractivity contribution is -0.142. The molecule has 0 radical (unpaired) electrons. The van der Waals surface area contributed by atoms with E-state index in [1.807, 2.05) is 6.92 Å². The number of nitrogens with zero attached hydrogens (tertiary/aromatic N) is 1. The van der Waals surface area contributed by atoms with Gasteiger partial charge in [0.2, 0.25) is 0 Å². The Hall–Kier alpha value is -0.850. The average molecular weight is 233 g/mol. The third-order valence-corrected chi connectivity index (χ3v) is 4.22. The number of nitriles is 1. The zero-order valence-corrected chi connectivity index (χ0v) is 10.3. The molecule has 5 atom stereocenters. The maximum Gasteiger partial charge on any atom is 0.115 e. The highest BCUT2D eigenvalue weighted by atomic mass is 16.6. The van der Waals surface area contributed by atoms with Crippen LogP contribution in [0.5, 0.6) is 0 Å². The molecule has 0 N–H and O–H groups in total. The predicted octanol–water partition coefficient (Wildman–Crippen LogP) is 2.57. The maximum atomic E-state index is 8.88. The Morgan fingerprint density at radius 3 is 3.24 bits per heavy atom. The van der Waals surface area contributed by atoms with Gasteiger partial charge in [0.05, 0.1) is 24.4 Å². The first-order chi connectivity index (χ1) is 8.22. The molecule has 2 aliphatic heterocycles. The van der Waals surface area contributed by atoms with Crippen molar-refractivity contribution in [3.8, 4) is 6.07 Å². The van der Waals surface area contributed by atoms with Crippen LogP contribution in [0.1, 0.15) is 39.0 Å². The molecule has 0 amide bonds. The lowest BCUT2D eigenvalue weighted by Gasteiger charge is -2.41. The monoisotopic (exact) mass is 233 g/mol. The van der Waals surface area contributed by atoms with E-state index in [9.17, 15) is 0 Å². The van der Waals surface area contributed by atoms with Crippen LogP contribution in [0.4, 0.5) is 0 Å². The van der Waals surface area contributed by atoms with E-state index in [4.69, 9.17) is 14.7 Å². The van der Waals surface area contributed by atoms with Crippen molar-refractivity contribution in [3.05, 3.63) is 12.2 Å². The molecule has 0 aromatic rings. The minimum atomic E-state index is -0.166. The van der Waals surface area contributed by atoms with Crippen molar-refractivity contribution in [2.45, 2.75) is 62.9 Å². The number of fused-ring (bicyclic) bond motifs is 1. The molecule has 2 fully saturated rings. The first kappa shape index (κ1) is 11.3. The van der Waals surface area contributed by atoms with Crippen molar-refractivity contribution in [1.82, 2.24) is 0 Å². The minimum Gasteiger partial charge on any atom is -0.371 e. The van der Waals surface area contributed by atoms with Crippen LogP contribution in [0.15, 0.2) is 12.2 Å². The molecule has 0 aromatic heterocycles. The average Bonchev–Trinajstić information content (AvgIpc) is 2.58. The number of rotatable bonds is 2. The second-order valence-electron chi connectivity index (χ2n) is 5.63. The van der Waals surface area contributed by atoms with Gasteiger partial charge in [-0.05, 0) is 32.6 Å². The Bertz CT molecular complexity index is 373. The summed E-state index contributed by atoms with van der Waals surface area (Å²) < 4.78 is 12.3. The number of hydrogen-bond acceptors (Lipinski definition) is 3. The molecule has 2 bridgehead atoms. The van der Waals surface area contributed by atoms with E-state index in [0.29, 0.717) is 6.10 Å². The topological polar surface area (TPSA) is 42.2 Å². The van der Waals surface area contributed by atoms with Crippen molar-refractivity contribution < 1.29 is 9.47 Å². The van der Waals surface area contributed by atoms with Crippen LogP contribution < -0.4 is 0 Å². The Morgan fingerprint density at radius 1 is 1.53 bits per heavy atom. The van der Waals surface area contributed by atoms with Crippen molar-refractivity contribution in [1.29, 1.82) is 5.26 Å². The van der Waals surface area contributed by atoms with Gasteiger partial charge in [-0.3, -0.25) is 0 Å². The van der Waals surface area contributed by atoms with Crippen LogP contribution in [0.3, 0.4) is 0 Å². The van der Waals surface area contributed by atoms with E-state index < -0.39 is 0 Å². The molecule has 2 saturated heterocycles. The smallest absolute Gasteiger partial charge is 0.115 e. The van der Waals surface area contributed by atoms with E-state index in [2.05, 4.69) is 18.2 Å². The molecule has 17 heavy (non-hydrogen) atoms. The highest BCUT2D eigenvalue weighted by Crippen LogP contribution is 2.46. The summed E-state index contributed by atoms with van der Waals surface area (Å²) in [7, 11) is 0. The fourth-order valence-electron chi connectivity index (χ4n) is 3.41. The Kier molecular flexibility index (Phi) is 2.72. The fourth-order valence-corrected chi connectivity index (χ4v) is 3.41. The Labute approximate surface area is 102 Å². The van der Waals surface area contributed by atoms with Crippen LogP contribution in [0.25, 0.3) is 0 Å². The quantitative estimate of drug-likeness (QED) is 0.688. The van der Waals surface area contributed by atoms with Gasteiger partial charge in [-0.15, -0.1) is 0 Å². The van der Waals surface area contributed by atoms with Gasteiger partial charge < -0.3 is 9.47 Å². The number of hydrogen-bond donors (Lipinski definition) is 0. The largest absolute Gasteiger partial charge is 0.371 e. The first-order valence-electron chi connectivity index (χ1n) is 6.62. The van der Waals surface area contributed by atoms with E-state index in [1.54, 1.807) is 0 Å². The molecular weight excluding hydrogens is 214 g/mol. The van der Waals surface area contributed by atoms with Crippen molar-refractivity contribution in [2.24, 2.45) is 5.92 Å². The molecule has 3 rings (SSSR count). The second-order valence-corrected chi connectivity index (χ2v) is 5.63. The molecular formula is C14H19NO2. The van der Waals surface area contributed by atoms with Crippen LogP contribution in [0, 0.1) is 17.2 Å². The van der Waals surface area contributed by atoms with Crippen LogP contribution in [-0.2, 0) is 9.47 Å². The highest BCUT2D eigenvalue weighted by Gasteiger charge is 2.52. The summed E-state index contributed by atoms with van der Waals surface area (Å²) in [6.45, 7) is 1.97. The van der Waals surface area contributed by atoms with E-state index in [0.717, 1.165) is 32.1 Å². The summed E-state index contributed by atoms with van der Waals surface area (Å²) in [5.74, 6) is 0.0821. The fraction of sp³-hybridized carbons (Fsp3) is 0.786. The third kappa shape index (κ3) is 1.90. The Morgan fingerprint density at radius 2 is 2.41 bits per heavy atom. The summed E-state index contributed by atoms with van der Waals surface area (Å²) in [4.78, 5) is 0. The summed E-state index contributed by atoms with van der Waals surface area (Å²) in [6, 6.07) is 2.30. The summed E-state index contributed by atoms with van der Waals surface area (Å²) in [6.07, 6.45) is 10.2. The normalized spacial score (nSPS) is 45.1. The molecule has 92 valence electrons. The van der Waals surface area contributed by atoms with Gasteiger partial charge in [-0.1, -0.05) is 12.2 Å². The zero-order valence-electron chi connectivity index (χ0n) is 10.3. The predicted molar refractivity (Wildman–Crippen MR) is 63.3 cm³/mol. The van der Waals surface area contributed by atoms with Gasteiger partial charge in [0, 0.05) is 12.3 Å². The molecule has 4 unspecified atom stereocenters. The maximum absolute atomic E-state index is 8.88. The molecule has 1 aliphatic carbocycles. The first-order valence-corrected chi connectivity index (χ1v) is 6.62. The molecule has 3 aliphatic rings. The lowest BCUT2D eigenvalue weighted by Crippen LogP contribution is -2.47. The highest BCUT2D eigenvalue weighted by molar-refractivity contribution is 5.18. The van der Waals surface area contributed by atoms with Crippen molar-refractivity contribution in [3.63, 3.8) is 0 Å². The van der Waals surface area contributed by atoms with Gasteiger partial charge in [0.1, 0.15) is 5.60 Å². The van der Waals surface area contributed by atoms with Gasteiger partial charge in [-0.2, -0.15) is 5.26 Å². The third-order valence-electron chi connectivity index (χ3n) is 4.22. The molecule has 0 aromatic carbocycles. The van der Waals surface area contributed by atoms with Gasteiger partial charge in [0.25, 0.3) is 0 Å². The van der Waals surface area contributed by atoms with Crippen molar-refractivity contribution in [2.75, 3.05) is 0 Å². The van der Waals surface area contributed by atoms with Crippen LogP contribution >= 0.6 is 0 Å². The van der Waals surface area contributed by atoms with Gasteiger partial charge in [-0.25, -0.2) is 0 Å². The molecule has 2 heterocycles. The standard InChI is InChI=1S/C14H19NO2/c1-10(9-15)7-11-4-5-13-14(17-11)6-2-3-12(8-14)16-13/h2,6,10-13H,3-5,7-8H2,1H3/t10-,11?,12?,13?,14?/m1/s1. The van der Waals surface area contributed by atoms with E-state index >= 15 is 0 Å². The zero-order chi connectivity index (χ0) is 11.9. The minimum absolute atomic E-state index is 0.0821. The van der Waals surface area contributed by atoms with E-state index in [1.165, 1.54) is 0 Å². The van der Waals surface area contributed by atoms with Gasteiger partial charge >= 0.3 is 0 Å². The molecule has 0 saturated carbocycles. The number of ether oxygens (including phenoxy) is 2.